The van der Waals surface area contributed by atoms with E-state index in [1.165, 1.54) is 36.5 Å². The molecule has 3 aromatic rings. The van der Waals surface area contributed by atoms with E-state index in [1.54, 1.807) is 30.5 Å². The number of aromatic nitrogens is 2. The van der Waals surface area contributed by atoms with Crippen LogP contribution in [0.1, 0.15) is 39.0 Å². The summed E-state index contributed by atoms with van der Waals surface area (Å²) in [7, 11) is 3.01. The topological polar surface area (TPSA) is 179 Å². The fraction of sp³-hybridized carbons (Fsp3) is 0.459. The number of carboxylic acids is 1. The average Bonchev–Trinajstić information content (AvgIpc) is 3.78. The van der Waals surface area contributed by atoms with Crippen LogP contribution in [0.4, 0.5) is 4.79 Å². The predicted molar refractivity (Wildman–Crippen MR) is 195 cm³/mol. The molecule has 2 aromatic heterocycles. The summed E-state index contributed by atoms with van der Waals surface area (Å²) in [5, 5.41) is 18.4. The molecule has 3 aliphatic carbocycles. The number of hydrogen-bond donors (Lipinski definition) is 3. The van der Waals surface area contributed by atoms with Gasteiger partial charge in [-0.2, -0.15) is 0 Å². The highest BCUT2D eigenvalue weighted by Gasteiger charge is 2.61. The van der Waals surface area contributed by atoms with Crippen LogP contribution in [0.15, 0.2) is 48.4 Å². The summed E-state index contributed by atoms with van der Waals surface area (Å²) in [6.45, 7) is 9.16. The Kier molecular flexibility index (Phi) is 9.74. The van der Waals surface area contributed by atoms with Crippen molar-refractivity contribution in [1.82, 2.24) is 25.5 Å². The van der Waals surface area contributed by atoms with Crippen molar-refractivity contribution in [2.45, 2.75) is 68.9 Å². The first-order valence-electron chi connectivity index (χ1n) is 17.3. The van der Waals surface area contributed by atoms with Crippen LogP contribution in [-0.2, 0) is 19.1 Å². The number of nitrogens with zero attached hydrogens (tertiary/aromatic N) is 3. The Morgan fingerprint density at radius 3 is 2.45 bits per heavy atom. The van der Waals surface area contributed by atoms with Crippen molar-refractivity contribution < 1.29 is 43.2 Å². The van der Waals surface area contributed by atoms with Gasteiger partial charge in [-0.15, -0.1) is 6.58 Å². The van der Waals surface area contributed by atoms with Crippen molar-refractivity contribution in [3.63, 3.8) is 0 Å². The zero-order valence-corrected chi connectivity index (χ0v) is 31.0. The third-order valence-electron chi connectivity index (χ3n) is 10.6. The van der Waals surface area contributed by atoms with Gasteiger partial charge in [0.15, 0.2) is 0 Å². The Balaban J connectivity index is 1.19. The Morgan fingerprint density at radius 2 is 1.83 bits per heavy atom. The number of nitrogens with one attached hydrogen (secondary N) is 2. The van der Waals surface area contributed by atoms with Crippen LogP contribution in [0.5, 0.6) is 16.7 Å². The molecule has 7 rings (SSSR count). The van der Waals surface area contributed by atoms with E-state index >= 15 is 0 Å². The smallest absolute Gasteiger partial charge is 0.408 e. The Morgan fingerprint density at radius 1 is 1.08 bits per heavy atom. The lowest BCUT2D eigenvalue weighted by atomic mass is 10.1. The molecule has 1 aliphatic heterocycles. The number of amides is 3. The van der Waals surface area contributed by atoms with Gasteiger partial charge >= 0.3 is 12.1 Å². The number of thiazole rings is 1. The molecule has 0 radical (unpaired) electrons. The maximum absolute atomic E-state index is 14.3. The average molecular weight is 766 g/mol. The summed E-state index contributed by atoms with van der Waals surface area (Å²) in [4.78, 5) is 64.2. The molecule has 53 heavy (non-hydrogen) atoms. The number of fused-ring (bicyclic) bond motifs is 2. The van der Waals surface area contributed by atoms with E-state index in [9.17, 15) is 24.3 Å². The number of methoxy groups -OCH3 is 2. The number of carbonyl (C=O) groups excluding carboxylic acids is 3. The molecular formula is C37H40ClN5O9S. The molecule has 1 saturated heterocycles. The van der Waals surface area contributed by atoms with Gasteiger partial charge in [0.1, 0.15) is 52.0 Å². The summed E-state index contributed by atoms with van der Waals surface area (Å²) < 4.78 is 23.0. The molecule has 3 N–H and O–H groups in total. The molecule has 4 aliphatic rings. The zero-order chi connectivity index (χ0) is 37.8. The minimum absolute atomic E-state index is 0.00219. The first kappa shape index (κ1) is 36.5. The van der Waals surface area contributed by atoms with Crippen LogP contribution in [0, 0.1) is 17.8 Å². The summed E-state index contributed by atoms with van der Waals surface area (Å²) in [6, 6.07) is 2.74. The maximum atomic E-state index is 14.3. The van der Waals surface area contributed by atoms with Crippen molar-refractivity contribution in [3.05, 3.63) is 53.4 Å². The van der Waals surface area contributed by atoms with Crippen molar-refractivity contribution >= 4 is 57.7 Å². The summed E-state index contributed by atoms with van der Waals surface area (Å²) in [6.07, 6.45) is 2.68. The van der Waals surface area contributed by atoms with Gasteiger partial charge < -0.3 is 39.6 Å². The van der Waals surface area contributed by atoms with Crippen LogP contribution in [0.3, 0.4) is 0 Å². The van der Waals surface area contributed by atoms with Crippen LogP contribution in [-0.4, -0.2) is 94.4 Å². The predicted octanol–water partition coefficient (Wildman–Crippen LogP) is 4.99. The lowest BCUT2D eigenvalue weighted by Gasteiger charge is -2.29. The van der Waals surface area contributed by atoms with Gasteiger partial charge in [0, 0.05) is 29.2 Å². The fourth-order valence-electron chi connectivity index (χ4n) is 7.56. The molecule has 3 heterocycles. The van der Waals surface area contributed by atoms with Gasteiger partial charge in [-0.05, 0) is 62.1 Å². The van der Waals surface area contributed by atoms with Crippen LogP contribution in [0.25, 0.3) is 22.3 Å². The third-order valence-corrected chi connectivity index (χ3v) is 11.8. The number of alkyl carbamates (subject to hydrolysis) is 1. The Hall–Kier alpha value is -4.89. The Bertz CT molecular complexity index is 2010. The van der Waals surface area contributed by atoms with E-state index in [1.807, 2.05) is 0 Å². The molecule has 0 bridgehead atoms. The highest BCUT2D eigenvalue weighted by Crippen LogP contribution is 2.52. The minimum atomic E-state index is -1.54. The maximum Gasteiger partial charge on any atom is 0.408 e. The largest absolute Gasteiger partial charge is 0.495 e. The van der Waals surface area contributed by atoms with E-state index in [0.717, 1.165) is 19.3 Å². The molecule has 3 amide bonds. The number of ether oxygens (including phenoxy) is 4. The fourth-order valence-corrected chi connectivity index (χ4v) is 8.47. The zero-order valence-electron chi connectivity index (χ0n) is 29.4. The normalized spacial score (nSPS) is 27.3. The van der Waals surface area contributed by atoms with Crippen molar-refractivity contribution in [3.8, 4) is 28.1 Å². The number of halogens is 1. The molecule has 280 valence electrons. The van der Waals surface area contributed by atoms with Gasteiger partial charge in [0.2, 0.25) is 11.8 Å². The van der Waals surface area contributed by atoms with E-state index < -0.39 is 53.5 Å². The van der Waals surface area contributed by atoms with Gasteiger partial charge in [-0.3, -0.25) is 9.59 Å². The quantitative estimate of drug-likeness (QED) is 0.200. The number of aliphatic carboxylic acids is 1. The van der Waals surface area contributed by atoms with Crippen molar-refractivity contribution in [2.75, 3.05) is 20.8 Å². The monoisotopic (exact) mass is 765 g/mol. The second-order valence-electron chi connectivity index (χ2n) is 14.2. The van der Waals surface area contributed by atoms with Gasteiger partial charge in [-0.1, -0.05) is 35.6 Å². The van der Waals surface area contributed by atoms with Crippen molar-refractivity contribution in [1.29, 1.82) is 0 Å². The second kappa shape index (κ2) is 14.2. The lowest BCUT2D eigenvalue weighted by Crippen LogP contribution is -2.56. The first-order valence-corrected chi connectivity index (χ1v) is 18.6. The number of pyridine rings is 1. The summed E-state index contributed by atoms with van der Waals surface area (Å²) >= 11 is 8.02. The molecule has 14 nitrogen and oxygen atoms in total. The SMILES string of the molecule is C=C[C@@H]1C[C@]1(NC(=O)[C@@H]1C[C@@H](Oc2cc(-c3csc(OC)n3)nc3c(Cl)c(OC)ccc23)CN1C(=O)C(NC(=O)O[C@@H]1C[C@@H]2C[C@@H]2C1)C(=C)C)C(=O)O. The number of carbonyl (C=O) groups is 4. The molecule has 1 unspecified atom stereocenters. The summed E-state index contributed by atoms with van der Waals surface area (Å²) in [5.41, 5.74) is 0.107. The minimum Gasteiger partial charge on any atom is -0.495 e. The standard InChI is InChI=1S/C37H40ClN5O9S/c1-6-20-14-37(20,34(46)47)42-32(44)26-12-22(15-43(26)33(45)30(17(2)3)41-35(48)52-21-10-18-9-19(18)11-21)51-28-13-24(25-16-53-36(40-25)50-5)39-31-23(28)7-8-27(49-4)29(31)38/h6-8,13,16,18-22,26,30H,1-2,9-12,14-15H2,3-5H3,(H,41,48)(H,42,44)(H,46,47)/t18-,19+,20-,21+,22-,26+,30?,37-/m1/s1. The molecular weight excluding hydrogens is 726 g/mol. The van der Waals surface area contributed by atoms with Crippen LogP contribution in [0.2, 0.25) is 5.02 Å². The first-order chi connectivity index (χ1) is 25.3. The van der Waals surface area contributed by atoms with E-state index in [0.29, 0.717) is 56.4 Å². The molecule has 1 aromatic carbocycles. The number of benzene rings is 1. The molecule has 3 saturated carbocycles. The molecule has 8 atom stereocenters. The lowest BCUT2D eigenvalue weighted by molar-refractivity contribution is -0.145. The van der Waals surface area contributed by atoms with Crippen molar-refractivity contribution in [2.24, 2.45) is 17.8 Å². The molecule has 0 spiro atoms. The number of carboxylic acid groups (broad SMARTS) is 1. The molecule has 4 fully saturated rings. The second-order valence-corrected chi connectivity index (χ2v) is 15.4. The number of hydrogen-bond acceptors (Lipinski definition) is 11. The highest BCUT2D eigenvalue weighted by molar-refractivity contribution is 7.11. The number of rotatable bonds is 13. The van der Waals surface area contributed by atoms with Gasteiger partial charge in [0.25, 0.3) is 5.19 Å². The van der Waals surface area contributed by atoms with E-state index in [4.69, 9.17) is 35.5 Å². The van der Waals surface area contributed by atoms with Crippen LogP contribution < -0.4 is 24.8 Å². The van der Waals surface area contributed by atoms with E-state index in [2.05, 4.69) is 28.8 Å². The highest BCUT2D eigenvalue weighted by atomic mass is 35.5. The van der Waals surface area contributed by atoms with Gasteiger partial charge in [-0.25, -0.2) is 19.6 Å². The van der Waals surface area contributed by atoms with Crippen LogP contribution >= 0.6 is 22.9 Å². The van der Waals surface area contributed by atoms with E-state index in [-0.39, 0.29) is 30.5 Å². The molecule has 16 heteroatoms. The Labute approximate surface area is 314 Å². The number of likely N-dealkylation sites (tertiary alicyclic amines) is 1. The third kappa shape index (κ3) is 6.99. The summed E-state index contributed by atoms with van der Waals surface area (Å²) in [5.74, 6) is -1.04. The van der Waals surface area contributed by atoms with Gasteiger partial charge in [0.05, 0.1) is 32.0 Å².